The van der Waals surface area contributed by atoms with Crippen molar-refractivity contribution >= 4 is 17.9 Å². The Balaban J connectivity index is 1.77. The number of hydrogen-bond acceptors (Lipinski definition) is 4. The SMILES string of the molecule is O=C1C2=Cc3ccccc3O[C@@]2(C(F)F)O[C@]2(C(F)F)Oc3ccccc3C=C12. The number of para-hydroxylation sites is 2. The molecule has 0 aliphatic carbocycles. The predicted octanol–water partition coefficient (Wildman–Crippen LogP) is 4.46. The summed E-state index contributed by atoms with van der Waals surface area (Å²) in [5.41, 5.74) is -0.399. The molecule has 2 aromatic rings. The summed E-state index contributed by atoms with van der Waals surface area (Å²) in [5.74, 6) is -7.12. The molecule has 0 spiro atoms. The molecule has 8 heteroatoms. The van der Waals surface area contributed by atoms with Crippen molar-refractivity contribution in [3.05, 3.63) is 70.8 Å². The molecule has 148 valence electrons. The van der Waals surface area contributed by atoms with Crippen LogP contribution in [0.2, 0.25) is 0 Å². The molecule has 0 bridgehead atoms. The molecule has 0 unspecified atom stereocenters. The van der Waals surface area contributed by atoms with Gasteiger partial charge in [0.1, 0.15) is 11.5 Å². The second-order valence-electron chi connectivity index (χ2n) is 6.76. The third kappa shape index (κ3) is 2.32. The number of fused-ring (bicyclic) bond motifs is 4. The normalized spacial score (nSPS) is 27.0. The molecule has 1 saturated heterocycles. The summed E-state index contributed by atoms with van der Waals surface area (Å²) in [6.45, 7) is 0. The molecular formula is C21H12F4O4. The zero-order valence-electron chi connectivity index (χ0n) is 14.6. The first kappa shape index (κ1) is 17.9. The van der Waals surface area contributed by atoms with E-state index in [-0.39, 0.29) is 11.5 Å². The Morgan fingerprint density at radius 1 is 0.690 bits per heavy atom. The molecule has 4 nitrogen and oxygen atoms in total. The molecule has 0 amide bonds. The first-order valence-corrected chi connectivity index (χ1v) is 8.69. The topological polar surface area (TPSA) is 44.8 Å². The number of ketones is 1. The van der Waals surface area contributed by atoms with Crippen molar-refractivity contribution in [2.24, 2.45) is 0 Å². The van der Waals surface area contributed by atoms with Gasteiger partial charge in [-0.15, -0.1) is 0 Å². The first-order chi connectivity index (χ1) is 13.9. The second-order valence-corrected chi connectivity index (χ2v) is 6.76. The fourth-order valence-corrected chi connectivity index (χ4v) is 3.72. The van der Waals surface area contributed by atoms with Crippen molar-refractivity contribution in [2.75, 3.05) is 0 Å². The van der Waals surface area contributed by atoms with Gasteiger partial charge in [-0.25, -0.2) is 17.6 Å². The predicted molar refractivity (Wildman–Crippen MR) is 93.7 cm³/mol. The molecule has 1 fully saturated rings. The van der Waals surface area contributed by atoms with Crippen molar-refractivity contribution < 1.29 is 36.6 Å². The molecule has 0 aromatic heterocycles. The molecule has 29 heavy (non-hydrogen) atoms. The van der Waals surface area contributed by atoms with Gasteiger partial charge in [-0.3, -0.25) is 9.53 Å². The third-order valence-corrected chi connectivity index (χ3v) is 5.08. The maximum atomic E-state index is 14.2. The van der Waals surface area contributed by atoms with Crippen LogP contribution in [0.4, 0.5) is 17.6 Å². The number of benzene rings is 2. The molecule has 5 rings (SSSR count). The minimum atomic E-state index is -3.44. The van der Waals surface area contributed by atoms with Crippen molar-refractivity contribution in [3.8, 4) is 11.5 Å². The Morgan fingerprint density at radius 2 is 1.10 bits per heavy atom. The summed E-state index contributed by atoms with van der Waals surface area (Å²) in [4.78, 5) is 13.2. The Labute approximate surface area is 162 Å². The molecule has 2 atom stereocenters. The highest BCUT2D eigenvalue weighted by atomic mass is 19.3. The highest BCUT2D eigenvalue weighted by Gasteiger charge is 2.68. The fourth-order valence-electron chi connectivity index (χ4n) is 3.72. The Bertz CT molecular complexity index is 1010. The van der Waals surface area contributed by atoms with Crippen molar-refractivity contribution in [1.29, 1.82) is 0 Å². The summed E-state index contributed by atoms with van der Waals surface area (Å²) < 4.78 is 73.0. The number of alkyl halides is 4. The van der Waals surface area contributed by atoms with E-state index in [0.29, 0.717) is 11.1 Å². The van der Waals surface area contributed by atoms with E-state index in [0.717, 1.165) is 0 Å². The molecule has 3 aliphatic rings. The lowest BCUT2D eigenvalue weighted by atomic mass is 9.82. The van der Waals surface area contributed by atoms with Gasteiger partial charge in [0.2, 0.25) is 0 Å². The van der Waals surface area contributed by atoms with Gasteiger partial charge in [0.15, 0.2) is 5.78 Å². The molecule has 3 heterocycles. The van der Waals surface area contributed by atoms with Crippen LogP contribution in [0.25, 0.3) is 12.2 Å². The van der Waals surface area contributed by atoms with Crippen LogP contribution in [0.5, 0.6) is 11.5 Å². The first-order valence-electron chi connectivity index (χ1n) is 8.69. The molecule has 3 aliphatic heterocycles. The average Bonchev–Trinajstić information content (AvgIpc) is 2.71. The van der Waals surface area contributed by atoms with Crippen LogP contribution in [-0.2, 0) is 9.53 Å². The standard InChI is InChI=1S/C21H12F4O4/c22-18(23)20-13(9-11-5-1-3-7-15(11)27-20)17(26)14-10-12-6-2-4-8-16(12)28-21(14,29-20)19(24)25/h1-10,18-19H/t20-,21-/m1/s1. The summed E-state index contributed by atoms with van der Waals surface area (Å²) in [6.07, 6.45) is -4.51. The monoisotopic (exact) mass is 404 g/mol. The van der Waals surface area contributed by atoms with Gasteiger partial charge in [-0.05, 0) is 24.3 Å². The van der Waals surface area contributed by atoms with Gasteiger partial charge in [-0.1, -0.05) is 36.4 Å². The van der Waals surface area contributed by atoms with E-state index in [2.05, 4.69) is 0 Å². The molecule has 0 N–H and O–H groups in total. The van der Waals surface area contributed by atoms with E-state index in [1.54, 1.807) is 24.3 Å². The Hall–Kier alpha value is -3.13. The fraction of sp³-hybridized carbons (Fsp3) is 0.190. The van der Waals surface area contributed by atoms with E-state index >= 15 is 0 Å². The highest BCUT2D eigenvalue weighted by molar-refractivity contribution is 6.17. The average molecular weight is 404 g/mol. The summed E-state index contributed by atoms with van der Waals surface area (Å²) in [6, 6.07) is 12.2. The van der Waals surface area contributed by atoms with E-state index in [1.807, 2.05) is 0 Å². The zero-order chi connectivity index (χ0) is 20.4. The van der Waals surface area contributed by atoms with E-state index in [4.69, 9.17) is 14.2 Å². The lowest BCUT2D eigenvalue weighted by Gasteiger charge is -2.49. The van der Waals surface area contributed by atoms with E-state index in [1.165, 1.54) is 36.4 Å². The maximum absolute atomic E-state index is 14.2. The second kappa shape index (κ2) is 5.93. The van der Waals surface area contributed by atoms with Crippen LogP contribution >= 0.6 is 0 Å². The van der Waals surface area contributed by atoms with Crippen LogP contribution in [-0.4, -0.2) is 30.2 Å². The lowest BCUT2D eigenvalue weighted by molar-refractivity contribution is -0.348. The largest absolute Gasteiger partial charge is 0.451 e. The quantitative estimate of drug-likeness (QED) is 0.694. The minimum absolute atomic E-state index is 0.0163. The van der Waals surface area contributed by atoms with Gasteiger partial charge >= 0.3 is 24.4 Å². The minimum Gasteiger partial charge on any atom is -0.451 e. The summed E-state index contributed by atoms with van der Waals surface area (Å²) >= 11 is 0. The number of rotatable bonds is 2. The van der Waals surface area contributed by atoms with Crippen LogP contribution in [0, 0.1) is 0 Å². The van der Waals surface area contributed by atoms with Crippen molar-refractivity contribution in [3.63, 3.8) is 0 Å². The van der Waals surface area contributed by atoms with Crippen LogP contribution in [0.1, 0.15) is 11.1 Å². The Morgan fingerprint density at radius 3 is 1.52 bits per heavy atom. The van der Waals surface area contributed by atoms with Gasteiger partial charge in [0.25, 0.3) is 0 Å². The van der Waals surface area contributed by atoms with Crippen molar-refractivity contribution in [1.82, 2.24) is 0 Å². The lowest BCUT2D eigenvalue weighted by Crippen LogP contribution is -2.67. The van der Waals surface area contributed by atoms with Crippen LogP contribution < -0.4 is 9.47 Å². The summed E-state index contributed by atoms with van der Waals surface area (Å²) in [5, 5.41) is 0. The number of hydrogen-bond donors (Lipinski definition) is 0. The summed E-state index contributed by atoms with van der Waals surface area (Å²) in [7, 11) is 0. The smallest absolute Gasteiger partial charge is 0.307 e. The van der Waals surface area contributed by atoms with Gasteiger partial charge in [0.05, 0.1) is 11.1 Å². The van der Waals surface area contributed by atoms with E-state index in [9.17, 15) is 22.4 Å². The third-order valence-electron chi connectivity index (χ3n) is 5.08. The Kier molecular flexibility index (Phi) is 3.67. The van der Waals surface area contributed by atoms with E-state index < -0.39 is 41.4 Å². The van der Waals surface area contributed by atoms with Gasteiger partial charge in [0, 0.05) is 11.1 Å². The van der Waals surface area contributed by atoms with Crippen molar-refractivity contribution in [2.45, 2.75) is 24.4 Å². The molecule has 0 saturated carbocycles. The zero-order valence-corrected chi connectivity index (χ0v) is 14.6. The number of carbonyl (C=O) groups excluding carboxylic acids is 1. The molecule has 0 radical (unpaired) electrons. The molecular weight excluding hydrogens is 392 g/mol. The highest BCUT2D eigenvalue weighted by Crippen LogP contribution is 2.53. The maximum Gasteiger partial charge on any atom is 0.307 e. The van der Waals surface area contributed by atoms with Gasteiger partial charge in [-0.2, -0.15) is 0 Å². The van der Waals surface area contributed by atoms with Gasteiger partial charge < -0.3 is 9.47 Å². The van der Waals surface area contributed by atoms with Crippen LogP contribution in [0.15, 0.2) is 59.7 Å². The number of ether oxygens (including phenoxy) is 3. The molecule has 2 aromatic carbocycles. The number of carbonyl (C=O) groups is 1. The van der Waals surface area contributed by atoms with Crippen LogP contribution in [0.3, 0.4) is 0 Å². The number of halogens is 4. The number of Topliss-reactive ketones (excluding diaryl/α,β-unsaturated/α-hetero) is 1.